The molecule has 0 aromatic heterocycles. The Kier molecular flexibility index (Phi) is 2.97. The average molecular weight is 282 g/mol. The molecule has 0 aliphatic rings. The zero-order valence-corrected chi connectivity index (χ0v) is 12.9. The second kappa shape index (κ2) is 4.99. The van der Waals surface area contributed by atoms with Crippen LogP contribution in [0.25, 0.3) is 43.1 Å². The fourth-order valence-electron chi connectivity index (χ4n) is 3.56. The Morgan fingerprint density at radius 2 is 0.818 bits per heavy atom. The fourth-order valence-corrected chi connectivity index (χ4v) is 3.56. The van der Waals surface area contributed by atoms with Crippen LogP contribution in [0.4, 0.5) is 0 Å². The highest BCUT2D eigenvalue weighted by Crippen LogP contribution is 2.40. The van der Waals surface area contributed by atoms with Gasteiger partial charge in [0, 0.05) is 0 Å². The SMILES string of the molecule is CC.c1ccc2c(c1)c1cccc3ccc4cccc2c4c31. The monoisotopic (exact) mass is 282 g/mol. The van der Waals surface area contributed by atoms with E-state index in [2.05, 4.69) is 72.8 Å². The summed E-state index contributed by atoms with van der Waals surface area (Å²) >= 11 is 0. The van der Waals surface area contributed by atoms with Crippen molar-refractivity contribution >= 4 is 43.1 Å². The van der Waals surface area contributed by atoms with Crippen LogP contribution >= 0.6 is 0 Å². The zero-order valence-electron chi connectivity index (χ0n) is 12.9. The van der Waals surface area contributed by atoms with Crippen LogP contribution in [0, 0.1) is 0 Å². The molecular formula is C22H18. The Labute approximate surface area is 130 Å². The van der Waals surface area contributed by atoms with E-state index in [9.17, 15) is 0 Å². The highest BCUT2D eigenvalue weighted by atomic mass is 14.1. The molecule has 106 valence electrons. The molecule has 5 aromatic rings. The first kappa shape index (κ1) is 13.1. The van der Waals surface area contributed by atoms with E-state index in [0.717, 1.165) is 0 Å². The topological polar surface area (TPSA) is 0 Å². The highest BCUT2D eigenvalue weighted by Gasteiger charge is 2.11. The Balaban J connectivity index is 0.000000602. The van der Waals surface area contributed by atoms with Gasteiger partial charge in [-0.1, -0.05) is 86.6 Å². The molecule has 0 nitrogen and oxygen atoms in total. The molecule has 0 saturated heterocycles. The third-order valence-corrected chi connectivity index (χ3v) is 4.39. The number of benzene rings is 5. The maximum Gasteiger partial charge on any atom is -0.00203 e. The van der Waals surface area contributed by atoms with E-state index in [1.54, 1.807) is 0 Å². The minimum absolute atomic E-state index is 1.33. The molecule has 0 aliphatic heterocycles. The zero-order chi connectivity index (χ0) is 15.1. The molecule has 0 unspecified atom stereocenters. The van der Waals surface area contributed by atoms with Crippen molar-refractivity contribution in [3.63, 3.8) is 0 Å². The Hall–Kier alpha value is -2.60. The lowest BCUT2D eigenvalue weighted by atomic mass is 9.89. The summed E-state index contributed by atoms with van der Waals surface area (Å²) in [6.07, 6.45) is 0. The number of hydrogen-bond acceptors (Lipinski definition) is 0. The van der Waals surface area contributed by atoms with E-state index < -0.39 is 0 Å². The van der Waals surface area contributed by atoms with E-state index in [4.69, 9.17) is 0 Å². The molecule has 0 spiro atoms. The third-order valence-electron chi connectivity index (χ3n) is 4.39. The van der Waals surface area contributed by atoms with Crippen LogP contribution in [0.2, 0.25) is 0 Å². The first-order valence-corrected chi connectivity index (χ1v) is 7.98. The Morgan fingerprint density at radius 1 is 0.409 bits per heavy atom. The van der Waals surface area contributed by atoms with Gasteiger partial charge in [0.25, 0.3) is 0 Å². The van der Waals surface area contributed by atoms with Gasteiger partial charge in [-0.25, -0.2) is 0 Å². The summed E-state index contributed by atoms with van der Waals surface area (Å²) < 4.78 is 0. The summed E-state index contributed by atoms with van der Waals surface area (Å²) in [6, 6.07) is 26.4. The number of rotatable bonds is 0. The van der Waals surface area contributed by atoms with E-state index in [1.165, 1.54) is 43.1 Å². The summed E-state index contributed by atoms with van der Waals surface area (Å²) in [7, 11) is 0. The second-order valence-corrected chi connectivity index (χ2v) is 5.42. The van der Waals surface area contributed by atoms with Crippen molar-refractivity contribution in [3.05, 3.63) is 72.8 Å². The lowest BCUT2D eigenvalue weighted by Crippen LogP contribution is -1.86. The van der Waals surface area contributed by atoms with Crippen LogP contribution in [0.3, 0.4) is 0 Å². The fraction of sp³-hybridized carbons (Fsp3) is 0.0909. The third kappa shape index (κ3) is 1.64. The lowest BCUT2D eigenvalue weighted by Gasteiger charge is -2.14. The predicted octanol–water partition coefficient (Wildman–Crippen LogP) is 6.76. The van der Waals surface area contributed by atoms with Crippen molar-refractivity contribution < 1.29 is 0 Å². The van der Waals surface area contributed by atoms with E-state index >= 15 is 0 Å². The first-order chi connectivity index (χ1) is 10.9. The van der Waals surface area contributed by atoms with Gasteiger partial charge in [-0.15, -0.1) is 0 Å². The predicted molar refractivity (Wildman–Crippen MR) is 99.0 cm³/mol. The van der Waals surface area contributed by atoms with E-state index in [-0.39, 0.29) is 0 Å². The Morgan fingerprint density at radius 3 is 1.27 bits per heavy atom. The highest BCUT2D eigenvalue weighted by molar-refractivity contribution is 6.33. The van der Waals surface area contributed by atoms with Crippen LogP contribution in [0.5, 0.6) is 0 Å². The van der Waals surface area contributed by atoms with Gasteiger partial charge < -0.3 is 0 Å². The molecule has 0 heteroatoms. The van der Waals surface area contributed by atoms with Crippen molar-refractivity contribution in [1.82, 2.24) is 0 Å². The van der Waals surface area contributed by atoms with Gasteiger partial charge in [-0.3, -0.25) is 0 Å². The van der Waals surface area contributed by atoms with Gasteiger partial charge in [-0.2, -0.15) is 0 Å². The molecule has 0 aliphatic carbocycles. The van der Waals surface area contributed by atoms with Gasteiger partial charge >= 0.3 is 0 Å². The summed E-state index contributed by atoms with van der Waals surface area (Å²) in [4.78, 5) is 0. The Bertz CT molecular complexity index is 998. The molecular weight excluding hydrogens is 264 g/mol. The van der Waals surface area contributed by atoms with Gasteiger partial charge in [0.05, 0.1) is 0 Å². The van der Waals surface area contributed by atoms with E-state index in [1.807, 2.05) is 13.8 Å². The van der Waals surface area contributed by atoms with Crippen LogP contribution in [-0.4, -0.2) is 0 Å². The smallest absolute Gasteiger partial charge is 0.00203 e. The number of fused-ring (bicyclic) bond motifs is 3. The largest absolute Gasteiger partial charge is 0.0683 e. The van der Waals surface area contributed by atoms with Crippen molar-refractivity contribution in [2.45, 2.75) is 13.8 Å². The van der Waals surface area contributed by atoms with Crippen LogP contribution in [0.15, 0.2) is 72.8 Å². The van der Waals surface area contributed by atoms with Crippen molar-refractivity contribution in [1.29, 1.82) is 0 Å². The number of hydrogen-bond donors (Lipinski definition) is 0. The molecule has 0 bridgehead atoms. The molecule has 0 amide bonds. The molecule has 0 atom stereocenters. The second-order valence-electron chi connectivity index (χ2n) is 5.42. The minimum atomic E-state index is 1.33. The molecule has 0 fully saturated rings. The van der Waals surface area contributed by atoms with Crippen LogP contribution < -0.4 is 0 Å². The molecule has 22 heavy (non-hydrogen) atoms. The summed E-state index contributed by atoms with van der Waals surface area (Å²) in [5.41, 5.74) is 0. The summed E-state index contributed by atoms with van der Waals surface area (Å²) in [5.74, 6) is 0. The normalized spacial score (nSPS) is 11.2. The minimum Gasteiger partial charge on any atom is -0.0683 e. The van der Waals surface area contributed by atoms with Gasteiger partial charge in [-0.05, 0) is 43.1 Å². The van der Waals surface area contributed by atoms with Crippen molar-refractivity contribution in [2.24, 2.45) is 0 Å². The molecule has 0 radical (unpaired) electrons. The quantitative estimate of drug-likeness (QED) is 0.217. The maximum absolute atomic E-state index is 2.25. The molecule has 0 heterocycles. The van der Waals surface area contributed by atoms with E-state index in [0.29, 0.717) is 0 Å². The molecule has 0 saturated carbocycles. The van der Waals surface area contributed by atoms with Gasteiger partial charge in [0.2, 0.25) is 0 Å². The average Bonchev–Trinajstić information content (AvgIpc) is 2.62. The maximum atomic E-state index is 2.25. The van der Waals surface area contributed by atoms with Gasteiger partial charge in [0.1, 0.15) is 0 Å². The molecule has 5 rings (SSSR count). The van der Waals surface area contributed by atoms with Crippen molar-refractivity contribution in [3.8, 4) is 0 Å². The lowest BCUT2D eigenvalue weighted by molar-refractivity contribution is 1.50. The molecule has 5 aromatic carbocycles. The van der Waals surface area contributed by atoms with Crippen LogP contribution in [0.1, 0.15) is 13.8 Å². The summed E-state index contributed by atoms with van der Waals surface area (Å²) in [5, 5.41) is 10.9. The summed E-state index contributed by atoms with van der Waals surface area (Å²) in [6.45, 7) is 4.00. The van der Waals surface area contributed by atoms with Gasteiger partial charge in [0.15, 0.2) is 0 Å². The van der Waals surface area contributed by atoms with Crippen molar-refractivity contribution in [2.75, 3.05) is 0 Å². The standard InChI is InChI=1S/C20H12.C2H6/c1-2-8-16-15(7-1)17-9-3-5-13-11-12-14-6-4-10-18(16)20(14)19(13)17;1-2/h1-12H;1-2H3. The first-order valence-electron chi connectivity index (χ1n) is 7.98. The van der Waals surface area contributed by atoms with Crippen LogP contribution in [-0.2, 0) is 0 Å². The molecule has 0 N–H and O–H groups in total.